The Morgan fingerprint density at radius 2 is 1.88 bits per heavy atom. The van der Waals surface area contributed by atoms with Crippen molar-refractivity contribution in [2.45, 2.75) is 12.6 Å². The monoisotopic (exact) mass is 280 g/mol. The molecule has 1 aliphatic rings. The third-order valence-electron chi connectivity index (χ3n) is 2.43. The van der Waals surface area contributed by atoms with Crippen LogP contribution < -0.4 is 5.32 Å². The molecule has 1 aliphatic heterocycles. The van der Waals surface area contributed by atoms with E-state index < -0.39 is 9.84 Å². The first-order valence-electron chi connectivity index (χ1n) is 4.69. The molecule has 2 rings (SSSR count). The van der Waals surface area contributed by atoms with Gasteiger partial charge in [0.05, 0.1) is 21.6 Å². The topological polar surface area (TPSA) is 59.1 Å². The Morgan fingerprint density at radius 1 is 1.31 bits per heavy atom. The molecule has 0 atom stereocenters. The third-order valence-corrected chi connectivity index (χ3v) is 4.90. The molecule has 0 unspecified atom stereocenters. The Morgan fingerprint density at radius 3 is 2.38 bits per heavy atom. The normalized spacial score (nSPS) is 19.4. The van der Waals surface area contributed by atoms with E-state index in [1.807, 2.05) is 0 Å². The third kappa shape index (κ3) is 2.66. The minimum atomic E-state index is -2.80. The molecule has 0 spiro atoms. The number of hydrogen-bond acceptors (Lipinski definition) is 4. The van der Waals surface area contributed by atoms with Gasteiger partial charge >= 0.3 is 0 Å². The number of sulfone groups is 1. The summed E-state index contributed by atoms with van der Waals surface area (Å²) < 4.78 is 21.9. The van der Waals surface area contributed by atoms with Gasteiger partial charge in [-0.1, -0.05) is 23.2 Å². The molecule has 1 saturated heterocycles. The van der Waals surface area contributed by atoms with Gasteiger partial charge < -0.3 is 5.32 Å². The van der Waals surface area contributed by atoms with E-state index >= 15 is 0 Å². The number of pyridine rings is 1. The van der Waals surface area contributed by atoms with Crippen LogP contribution in [0.2, 0.25) is 10.0 Å². The van der Waals surface area contributed by atoms with Gasteiger partial charge in [-0.05, 0) is 0 Å². The maximum Gasteiger partial charge on any atom is 0.153 e. The highest BCUT2D eigenvalue weighted by atomic mass is 35.5. The van der Waals surface area contributed by atoms with Crippen molar-refractivity contribution in [2.24, 2.45) is 0 Å². The van der Waals surface area contributed by atoms with Crippen LogP contribution in [0.15, 0.2) is 12.4 Å². The lowest BCUT2D eigenvalue weighted by atomic mass is 10.2. The second-order valence-electron chi connectivity index (χ2n) is 3.74. The van der Waals surface area contributed by atoms with Crippen molar-refractivity contribution in [3.05, 3.63) is 28.0 Å². The van der Waals surface area contributed by atoms with E-state index in [0.717, 1.165) is 5.56 Å². The second-order valence-corrected chi connectivity index (χ2v) is 6.70. The van der Waals surface area contributed by atoms with Gasteiger partial charge in [-0.15, -0.1) is 0 Å². The molecular weight excluding hydrogens is 271 g/mol. The number of rotatable bonds is 3. The summed E-state index contributed by atoms with van der Waals surface area (Å²) in [4.78, 5) is 3.84. The molecule has 0 aliphatic carbocycles. The van der Waals surface area contributed by atoms with Gasteiger partial charge in [-0.25, -0.2) is 8.42 Å². The molecule has 1 aromatic rings. The summed E-state index contributed by atoms with van der Waals surface area (Å²) in [5.74, 6) is 0.376. The first-order valence-corrected chi connectivity index (χ1v) is 7.27. The number of halogens is 2. The van der Waals surface area contributed by atoms with Crippen LogP contribution in [0.5, 0.6) is 0 Å². The van der Waals surface area contributed by atoms with E-state index in [1.165, 1.54) is 12.4 Å². The largest absolute Gasteiger partial charge is 0.308 e. The maximum atomic E-state index is 10.9. The molecule has 1 aromatic heterocycles. The van der Waals surface area contributed by atoms with Crippen molar-refractivity contribution < 1.29 is 8.42 Å². The lowest BCUT2D eigenvalue weighted by Crippen LogP contribution is -2.50. The Bertz CT molecular complexity index is 472. The average molecular weight is 281 g/mol. The Kier molecular flexibility index (Phi) is 3.39. The standard InChI is InChI=1S/C9H10Cl2N2O2S/c10-8-2-12-3-9(11)7(8)1-13-6-4-16(14,15)5-6/h2-3,6,13H,1,4-5H2. The number of hydrogen-bond donors (Lipinski definition) is 1. The molecule has 0 radical (unpaired) electrons. The van der Waals surface area contributed by atoms with Gasteiger partial charge in [0, 0.05) is 30.5 Å². The van der Waals surface area contributed by atoms with Crippen molar-refractivity contribution in [3.8, 4) is 0 Å². The molecule has 2 heterocycles. The molecule has 0 aromatic carbocycles. The van der Waals surface area contributed by atoms with Gasteiger partial charge in [0.1, 0.15) is 0 Å². The molecule has 1 N–H and O–H groups in total. The van der Waals surface area contributed by atoms with Gasteiger partial charge in [0.2, 0.25) is 0 Å². The first-order chi connectivity index (χ1) is 7.48. The Hall–Kier alpha value is -0.360. The van der Waals surface area contributed by atoms with Crippen LogP contribution in [-0.4, -0.2) is 30.9 Å². The lowest BCUT2D eigenvalue weighted by molar-refractivity contribution is 0.511. The molecule has 4 nitrogen and oxygen atoms in total. The molecule has 1 fully saturated rings. The highest BCUT2D eigenvalue weighted by Crippen LogP contribution is 2.23. The van der Waals surface area contributed by atoms with Crippen molar-refractivity contribution >= 4 is 33.0 Å². The fraction of sp³-hybridized carbons (Fsp3) is 0.444. The van der Waals surface area contributed by atoms with E-state index in [-0.39, 0.29) is 17.5 Å². The number of aromatic nitrogens is 1. The first kappa shape index (κ1) is 12.1. The van der Waals surface area contributed by atoms with Crippen molar-refractivity contribution in [1.29, 1.82) is 0 Å². The number of nitrogens with one attached hydrogen (secondary N) is 1. The SMILES string of the molecule is O=S1(=O)CC(NCc2c(Cl)cncc2Cl)C1. The van der Waals surface area contributed by atoms with E-state index in [9.17, 15) is 8.42 Å². The summed E-state index contributed by atoms with van der Waals surface area (Å²) in [6.07, 6.45) is 3.03. The molecule has 7 heteroatoms. The smallest absolute Gasteiger partial charge is 0.153 e. The zero-order valence-electron chi connectivity index (χ0n) is 8.28. The second kappa shape index (κ2) is 4.49. The van der Waals surface area contributed by atoms with E-state index in [2.05, 4.69) is 10.3 Å². The van der Waals surface area contributed by atoms with Crippen LogP contribution in [-0.2, 0) is 16.4 Å². The molecular formula is C9H10Cl2N2O2S. The van der Waals surface area contributed by atoms with Crippen LogP contribution >= 0.6 is 23.2 Å². The molecule has 16 heavy (non-hydrogen) atoms. The summed E-state index contributed by atoms with van der Waals surface area (Å²) >= 11 is 11.9. The fourth-order valence-electron chi connectivity index (χ4n) is 1.54. The van der Waals surface area contributed by atoms with Crippen LogP contribution in [0.25, 0.3) is 0 Å². The van der Waals surface area contributed by atoms with E-state index in [4.69, 9.17) is 23.2 Å². The molecule has 0 saturated carbocycles. The van der Waals surface area contributed by atoms with E-state index in [0.29, 0.717) is 16.6 Å². The Balaban J connectivity index is 1.96. The van der Waals surface area contributed by atoms with Gasteiger partial charge in [-0.3, -0.25) is 4.98 Å². The van der Waals surface area contributed by atoms with Crippen molar-refractivity contribution in [2.75, 3.05) is 11.5 Å². The van der Waals surface area contributed by atoms with Crippen LogP contribution in [0.4, 0.5) is 0 Å². The number of nitrogens with zero attached hydrogens (tertiary/aromatic N) is 1. The fourth-order valence-corrected chi connectivity index (χ4v) is 3.40. The zero-order valence-corrected chi connectivity index (χ0v) is 10.6. The van der Waals surface area contributed by atoms with E-state index in [1.54, 1.807) is 0 Å². The van der Waals surface area contributed by atoms with Gasteiger partial charge in [0.25, 0.3) is 0 Å². The van der Waals surface area contributed by atoms with Crippen molar-refractivity contribution in [1.82, 2.24) is 10.3 Å². The minimum absolute atomic E-state index is 0.00491. The summed E-state index contributed by atoms with van der Waals surface area (Å²) in [6.45, 7) is 0.459. The van der Waals surface area contributed by atoms with Crippen LogP contribution in [0, 0.1) is 0 Å². The summed E-state index contributed by atoms with van der Waals surface area (Å²) in [6, 6.07) is 0.00491. The average Bonchev–Trinajstić information content (AvgIpc) is 2.14. The molecule has 0 amide bonds. The van der Waals surface area contributed by atoms with Crippen LogP contribution in [0.1, 0.15) is 5.56 Å². The minimum Gasteiger partial charge on any atom is -0.308 e. The van der Waals surface area contributed by atoms with Crippen LogP contribution in [0.3, 0.4) is 0 Å². The maximum absolute atomic E-state index is 10.9. The highest BCUT2D eigenvalue weighted by Gasteiger charge is 2.32. The summed E-state index contributed by atoms with van der Waals surface area (Å²) in [5.41, 5.74) is 0.752. The molecule has 0 bridgehead atoms. The summed E-state index contributed by atoms with van der Waals surface area (Å²) in [7, 11) is -2.80. The predicted molar refractivity (Wildman–Crippen MR) is 63.5 cm³/mol. The van der Waals surface area contributed by atoms with Gasteiger partial charge in [-0.2, -0.15) is 0 Å². The lowest BCUT2D eigenvalue weighted by Gasteiger charge is -2.27. The van der Waals surface area contributed by atoms with Gasteiger partial charge in [0.15, 0.2) is 9.84 Å². The van der Waals surface area contributed by atoms with Crippen molar-refractivity contribution in [3.63, 3.8) is 0 Å². The Labute approximate surface area is 104 Å². The predicted octanol–water partition coefficient (Wildman–Crippen LogP) is 1.27. The highest BCUT2D eigenvalue weighted by molar-refractivity contribution is 7.92. The zero-order chi connectivity index (χ0) is 11.8. The quantitative estimate of drug-likeness (QED) is 0.906. The molecule has 88 valence electrons. The summed E-state index contributed by atoms with van der Waals surface area (Å²) in [5, 5.41) is 4.07.